The summed E-state index contributed by atoms with van der Waals surface area (Å²) in [6.45, 7) is 6.24. The average Bonchev–Trinajstić information content (AvgIpc) is 2.88. The molecular formula is C30H39N3O2. The highest BCUT2D eigenvalue weighted by atomic mass is 16.2. The van der Waals surface area contributed by atoms with Gasteiger partial charge >= 0.3 is 0 Å². The van der Waals surface area contributed by atoms with Gasteiger partial charge in [0.25, 0.3) is 0 Å². The first-order valence-electron chi connectivity index (χ1n) is 13.4. The van der Waals surface area contributed by atoms with E-state index in [9.17, 15) is 9.59 Å². The number of hydrogen-bond acceptors (Lipinski definition) is 3. The van der Waals surface area contributed by atoms with E-state index in [1.165, 1.54) is 35.1 Å². The Morgan fingerprint density at radius 1 is 1.03 bits per heavy atom. The summed E-state index contributed by atoms with van der Waals surface area (Å²) in [5.41, 5.74) is 9.94. The topological polar surface area (TPSA) is 75.4 Å². The molecule has 186 valence electrons. The summed E-state index contributed by atoms with van der Waals surface area (Å²) in [6.07, 6.45) is 6.04. The number of fused-ring (bicyclic) bond motifs is 2. The Morgan fingerprint density at radius 2 is 1.71 bits per heavy atom. The number of nitrogens with one attached hydrogen (secondary N) is 1. The molecule has 2 heterocycles. The quantitative estimate of drug-likeness (QED) is 0.655. The van der Waals surface area contributed by atoms with Gasteiger partial charge in [0.1, 0.15) is 0 Å². The van der Waals surface area contributed by atoms with Gasteiger partial charge < -0.3 is 16.0 Å². The maximum atomic E-state index is 14.3. The zero-order valence-corrected chi connectivity index (χ0v) is 21.1. The van der Waals surface area contributed by atoms with Gasteiger partial charge in [-0.05, 0) is 97.7 Å². The summed E-state index contributed by atoms with van der Waals surface area (Å²) in [5, 5.41) is 3.43. The molecule has 2 amide bonds. The molecule has 0 radical (unpaired) electrons. The molecular weight excluding hydrogens is 434 g/mol. The average molecular weight is 474 g/mol. The third-order valence-electron chi connectivity index (χ3n) is 8.99. The van der Waals surface area contributed by atoms with Crippen LogP contribution in [0.5, 0.6) is 0 Å². The molecule has 5 heteroatoms. The normalized spacial score (nSPS) is 26.1. The van der Waals surface area contributed by atoms with Crippen LogP contribution in [0.4, 0.5) is 0 Å². The van der Waals surface area contributed by atoms with Crippen molar-refractivity contribution in [3.05, 3.63) is 59.7 Å². The third kappa shape index (κ3) is 4.40. The molecule has 5 nitrogen and oxygen atoms in total. The van der Waals surface area contributed by atoms with E-state index in [1.54, 1.807) is 0 Å². The number of amides is 2. The number of carbonyl (C=O) groups excluding carboxylic acids is 2. The lowest BCUT2D eigenvalue weighted by atomic mass is 9.63. The van der Waals surface area contributed by atoms with Crippen molar-refractivity contribution in [3.8, 4) is 11.1 Å². The van der Waals surface area contributed by atoms with Crippen molar-refractivity contribution < 1.29 is 9.59 Å². The lowest BCUT2D eigenvalue weighted by Crippen LogP contribution is -2.59. The lowest BCUT2D eigenvalue weighted by molar-refractivity contribution is -0.148. The van der Waals surface area contributed by atoms with Crippen LogP contribution in [0.15, 0.2) is 48.5 Å². The molecule has 35 heavy (non-hydrogen) atoms. The summed E-state index contributed by atoms with van der Waals surface area (Å²) in [7, 11) is 0. The summed E-state index contributed by atoms with van der Waals surface area (Å²) in [5.74, 6) is 1.44. The van der Waals surface area contributed by atoms with Crippen LogP contribution in [0, 0.1) is 17.8 Å². The fourth-order valence-corrected chi connectivity index (χ4v) is 7.05. The number of primary amides is 1. The second-order valence-corrected chi connectivity index (χ2v) is 11.3. The molecule has 2 aliphatic heterocycles. The van der Waals surface area contributed by atoms with Crippen LogP contribution in [0.1, 0.15) is 69.5 Å². The molecule has 2 aromatic rings. The van der Waals surface area contributed by atoms with E-state index in [0.717, 1.165) is 44.7 Å². The van der Waals surface area contributed by atoms with Crippen molar-refractivity contribution in [2.24, 2.45) is 23.5 Å². The van der Waals surface area contributed by atoms with Gasteiger partial charge in [0.2, 0.25) is 11.8 Å². The van der Waals surface area contributed by atoms with E-state index in [-0.39, 0.29) is 18.5 Å². The Bertz CT molecular complexity index is 1070. The van der Waals surface area contributed by atoms with Crippen LogP contribution in [0.25, 0.3) is 11.1 Å². The highest BCUT2D eigenvalue weighted by Gasteiger charge is 2.52. The molecule has 5 rings (SSSR count). The van der Waals surface area contributed by atoms with Gasteiger partial charge in [0.15, 0.2) is 0 Å². The highest BCUT2D eigenvalue weighted by Crippen LogP contribution is 2.51. The maximum Gasteiger partial charge on any atom is 0.237 e. The van der Waals surface area contributed by atoms with Gasteiger partial charge in [0.05, 0.1) is 18.0 Å². The molecule has 1 spiro atoms. The monoisotopic (exact) mass is 473 g/mol. The van der Waals surface area contributed by atoms with Crippen molar-refractivity contribution >= 4 is 11.8 Å². The molecule has 0 bridgehead atoms. The Kier molecular flexibility index (Phi) is 6.71. The van der Waals surface area contributed by atoms with Crippen molar-refractivity contribution in [3.63, 3.8) is 0 Å². The molecule has 1 aliphatic carbocycles. The maximum absolute atomic E-state index is 14.3. The molecule has 0 aromatic heterocycles. The lowest BCUT2D eigenvalue weighted by Gasteiger charge is -2.51. The van der Waals surface area contributed by atoms with E-state index in [2.05, 4.69) is 61.6 Å². The number of nitrogens with zero attached hydrogens (tertiary/aromatic N) is 1. The number of nitrogens with two attached hydrogens (primary N) is 1. The molecule has 3 aliphatic rings. The highest BCUT2D eigenvalue weighted by molar-refractivity contribution is 5.94. The number of benzene rings is 2. The molecule has 1 unspecified atom stereocenters. The molecule has 1 atom stereocenters. The second kappa shape index (κ2) is 9.77. The number of carbonyl (C=O) groups is 2. The Labute approximate surface area is 209 Å². The van der Waals surface area contributed by atoms with E-state index in [1.807, 2.05) is 11.0 Å². The largest absolute Gasteiger partial charge is 0.368 e. The van der Waals surface area contributed by atoms with E-state index in [4.69, 9.17) is 5.73 Å². The molecule has 1 saturated heterocycles. The van der Waals surface area contributed by atoms with Crippen LogP contribution >= 0.6 is 0 Å². The molecule has 2 fully saturated rings. The second-order valence-electron chi connectivity index (χ2n) is 11.3. The SMILES string of the molecule is CC(C)[C@H]1CC[C@@H](C2c3cc(-c4ccccc4)ccc3C3(CCNCC3)C(=O)N2CC(N)=O)CC1. The standard InChI is InChI=1S/C30H39N3O2/c1-20(2)21-8-10-23(11-9-21)28-25-18-24(22-6-4-3-5-7-22)12-13-26(25)30(14-16-32-17-15-30)29(35)33(28)19-27(31)34/h3-7,12-13,18,20-21,23,28,32H,8-11,14-17,19H2,1-2H3,(H2,31,34)/t21-,23+,28?. The minimum atomic E-state index is -0.573. The van der Waals surface area contributed by atoms with Crippen LogP contribution in [0.2, 0.25) is 0 Å². The number of hydrogen-bond donors (Lipinski definition) is 2. The van der Waals surface area contributed by atoms with E-state index < -0.39 is 11.3 Å². The molecule has 2 aromatic carbocycles. The van der Waals surface area contributed by atoms with Crippen LogP contribution < -0.4 is 11.1 Å². The van der Waals surface area contributed by atoms with Crippen LogP contribution in [-0.2, 0) is 15.0 Å². The fraction of sp³-hybridized carbons (Fsp3) is 0.533. The van der Waals surface area contributed by atoms with Gasteiger partial charge in [-0.3, -0.25) is 9.59 Å². The van der Waals surface area contributed by atoms with Crippen molar-refractivity contribution in [2.75, 3.05) is 19.6 Å². The first kappa shape index (κ1) is 24.1. The summed E-state index contributed by atoms with van der Waals surface area (Å²) in [6, 6.07) is 17.1. The van der Waals surface area contributed by atoms with Crippen LogP contribution in [0.3, 0.4) is 0 Å². The van der Waals surface area contributed by atoms with Gasteiger partial charge in [-0.25, -0.2) is 0 Å². The zero-order valence-electron chi connectivity index (χ0n) is 21.1. The van der Waals surface area contributed by atoms with Crippen molar-refractivity contribution in [1.29, 1.82) is 0 Å². The van der Waals surface area contributed by atoms with Crippen molar-refractivity contribution in [2.45, 2.75) is 63.8 Å². The van der Waals surface area contributed by atoms with Crippen LogP contribution in [-0.4, -0.2) is 36.3 Å². The fourth-order valence-electron chi connectivity index (χ4n) is 7.05. The molecule has 3 N–H and O–H groups in total. The van der Waals surface area contributed by atoms with Gasteiger partial charge in [-0.1, -0.05) is 56.3 Å². The summed E-state index contributed by atoms with van der Waals surface area (Å²) >= 11 is 0. The molecule has 1 saturated carbocycles. The van der Waals surface area contributed by atoms with Gasteiger partial charge in [-0.2, -0.15) is 0 Å². The predicted molar refractivity (Wildman–Crippen MR) is 140 cm³/mol. The van der Waals surface area contributed by atoms with E-state index >= 15 is 0 Å². The smallest absolute Gasteiger partial charge is 0.237 e. The first-order valence-corrected chi connectivity index (χ1v) is 13.4. The predicted octanol–water partition coefficient (Wildman–Crippen LogP) is 4.81. The first-order chi connectivity index (χ1) is 16.9. The summed E-state index contributed by atoms with van der Waals surface area (Å²) in [4.78, 5) is 28.4. The minimum Gasteiger partial charge on any atom is -0.368 e. The van der Waals surface area contributed by atoms with E-state index in [0.29, 0.717) is 11.8 Å². The Hall–Kier alpha value is -2.66. The van der Waals surface area contributed by atoms with Gasteiger partial charge in [-0.15, -0.1) is 0 Å². The minimum absolute atomic E-state index is 0.00219. The Morgan fingerprint density at radius 3 is 2.34 bits per heavy atom. The zero-order chi connectivity index (χ0) is 24.6. The summed E-state index contributed by atoms with van der Waals surface area (Å²) < 4.78 is 0. The Balaban J connectivity index is 1.64. The number of piperidine rings is 1. The number of rotatable bonds is 5. The van der Waals surface area contributed by atoms with Gasteiger partial charge in [0, 0.05) is 0 Å². The third-order valence-corrected chi connectivity index (χ3v) is 8.99. The van der Waals surface area contributed by atoms with Crippen molar-refractivity contribution in [1.82, 2.24) is 10.2 Å².